The van der Waals surface area contributed by atoms with E-state index >= 15 is 0 Å². The molecule has 27 heavy (non-hydrogen) atoms. The highest BCUT2D eigenvalue weighted by Gasteiger charge is 2.19. The van der Waals surface area contributed by atoms with E-state index in [2.05, 4.69) is 26.2 Å². The van der Waals surface area contributed by atoms with Crippen molar-refractivity contribution in [1.29, 1.82) is 0 Å². The number of anilines is 1. The van der Waals surface area contributed by atoms with Crippen molar-refractivity contribution >= 4 is 38.3 Å². The van der Waals surface area contributed by atoms with Crippen LogP contribution in [0.5, 0.6) is 17.2 Å². The molecule has 1 amide bonds. The Morgan fingerprint density at radius 2 is 1.89 bits per heavy atom. The van der Waals surface area contributed by atoms with Gasteiger partial charge in [-0.3, -0.25) is 10.1 Å². The molecule has 4 rings (SSSR count). The highest BCUT2D eigenvalue weighted by Crippen LogP contribution is 2.36. The summed E-state index contributed by atoms with van der Waals surface area (Å²) in [7, 11) is 1.63. The first kappa shape index (κ1) is 17.8. The summed E-state index contributed by atoms with van der Waals surface area (Å²) in [5, 5.41) is 5.26. The highest BCUT2D eigenvalue weighted by molar-refractivity contribution is 9.10. The molecule has 0 fully saturated rings. The normalized spacial score (nSPS) is 12.5. The summed E-state index contributed by atoms with van der Waals surface area (Å²) in [5.74, 6) is 1.70. The molecular weight excluding hydrogens is 432 g/mol. The molecule has 0 spiro atoms. The molecule has 0 bridgehead atoms. The molecule has 1 aliphatic rings. The van der Waals surface area contributed by atoms with E-state index in [1.807, 2.05) is 29.6 Å². The Labute approximate surface area is 168 Å². The Morgan fingerprint density at radius 3 is 2.59 bits per heavy atom. The van der Waals surface area contributed by atoms with Crippen LogP contribution in [0.3, 0.4) is 0 Å². The van der Waals surface area contributed by atoms with Crippen molar-refractivity contribution in [1.82, 2.24) is 4.98 Å². The Bertz CT molecular complexity index is 988. The van der Waals surface area contributed by atoms with Crippen LogP contribution in [0.15, 0.2) is 46.3 Å². The summed E-state index contributed by atoms with van der Waals surface area (Å²) in [5.41, 5.74) is 2.20. The molecule has 8 heteroatoms. The topological polar surface area (TPSA) is 69.7 Å². The van der Waals surface area contributed by atoms with E-state index in [4.69, 9.17) is 14.2 Å². The lowest BCUT2D eigenvalue weighted by molar-refractivity contribution is 0.102. The Morgan fingerprint density at radius 1 is 1.19 bits per heavy atom. The van der Waals surface area contributed by atoms with Crippen LogP contribution in [0.1, 0.15) is 10.4 Å². The van der Waals surface area contributed by atoms with Crippen molar-refractivity contribution in [3.8, 4) is 28.5 Å². The molecule has 2 heterocycles. The maximum absolute atomic E-state index is 12.7. The predicted octanol–water partition coefficient (Wildman–Crippen LogP) is 4.60. The van der Waals surface area contributed by atoms with Crippen LogP contribution < -0.4 is 19.5 Å². The fourth-order valence-electron chi connectivity index (χ4n) is 2.63. The summed E-state index contributed by atoms with van der Waals surface area (Å²) in [6, 6.07) is 11.0. The molecule has 1 aliphatic heterocycles. The van der Waals surface area contributed by atoms with Gasteiger partial charge in [-0.2, -0.15) is 0 Å². The zero-order valence-electron chi connectivity index (χ0n) is 14.3. The number of nitrogens with zero attached hydrogens (tertiary/aromatic N) is 1. The van der Waals surface area contributed by atoms with Crippen molar-refractivity contribution in [2.45, 2.75) is 0 Å². The van der Waals surface area contributed by atoms with E-state index in [1.165, 1.54) is 11.3 Å². The van der Waals surface area contributed by atoms with Crippen LogP contribution in [0, 0.1) is 0 Å². The number of carbonyl (C=O) groups excluding carboxylic acids is 1. The van der Waals surface area contributed by atoms with Crippen molar-refractivity contribution in [3.05, 3.63) is 51.8 Å². The average Bonchev–Trinajstić information content (AvgIpc) is 3.16. The van der Waals surface area contributed by atoms with E-state index in [1.54, 1.807) is 19.2 Å². The number of nitrogens with one attached hydrogen (secondary N) is 1. The molecule has 0 saturated carbocycles. The number of carbonyl (C=O) groups is 1. The van der Waals surface area contributed by atoms with Crippen LogP contribution in [0.2, 0.25) is 0 Å². The van der Waals surface area contributed by atoms with Gasteiger partial charge in [-0.25, -0.2) is 4.98 Å². The number of halogens is 1. The Hall–Kier alpha value is -2.58. The number of thiazole rings is 1. The van der Waals surface area contributed by atoms with Gasteiger partial charge in [0.1, 0.15) is 19.0 Å². The van der Waals surface area contributed by atoms with Crippen LogP contribution >= 0.6 is 27.3 Å². The average molecular weight is 447 g/mol. The molecule has 0 aliphatic carbocycles. The monoisotopic (exact) mass is 446 g/mol. The molecule has 0 radical (unpaired) electrons. The Balaban J connectivity index is 1.52. The Kier molecular flexibility index (Phi) is 5.00. The molecule has 1 N–H and O–H groups in total. The quantitative estimate of drug-likeness (QED) is 0.633. The van der Waals surface area contributed by atoms with Crippen molar-refractivity contribution in [2.24, 2.45) is 0 Å². The predicted molar refractivity (Wildman–Crippen MR) is 107 cm³/mol. The molecule has 0 atom stereocenters. The summed E-state index contributed by atoms with van der Waals surface area (Å²) < 4.78 is 16.9. The molecule has 3 aromatic rings. The SMILES string of the molecule is COc1ccc(-c2csc(NC(=O)c3cc4c(cc3Br)OCCO4)n2)cc1. The number of rotatable bonds is 4. The van der Waals surface area contributed by atoms with E-state index in [9.17, 15) is 4.79 Å². The lowest BCUT2D eigenvalue weighted by Gasteiger charge is -2.19. The van der Waals surface area contributed by atoms with Crippen LogP contribution in [0.4, 0.5) is 5.13 Å². The number of ether oxygens (including phenoxy) is 3. The van der Waals surface area contributed by atoms with Crippen molar-refractivity contribution in [3.63, 3.8) is 0 Å². The van der Waals surface area contributed by atoms with E-state index in [0.717, 1.165) is 17.0 Å². The minimum absolute atomic E-state index is 0.269. The van der Waals surface area contributed by atoms with Gasteiger partial charge in [0.15, 0.2) is 16.6 Å². The number of hydrogen-bond donors (Lipinski definition) is 1. The van der Waals surface area contributed by atoms with Gasteiger partial charge in [0.25, 0.3) is 5.91 Å². The van der Waals surface area contributed by atoms with Gasteiger partial charge in [0, 0.05) is 15.4 Å². The summed E-state index contributed by atoms with van der Waals surface area (Å²) in [4.78, 5) is 17.2. The van der Waals surface area contributed by atoms with Gasteiger partial charge in [0.05, 0.1) is 18.4 Å². The summed E-state index contributed by atoms with van der Waals surface area (Å²) in [6.07, 6.45) is 0. The first-order valence-electron chi connectivity index (χ1n) is 8.14. The van der Waals surface area contributed by atoms with Gasteiger partial charge >= 0.3 is 0 Å². The maximum Gasteiger partial charge on any atom is 0.258 e. The van der Waals surface area contributed by atoms with Gasteiger partial charge in [-0.1, -0.05) is 0 Å². The summed E-state index contributed by atoms with van der Waals surface area (Å²) in [6.45, 7) is 0.964. The highest BCUT2D eigenvalue weighted by atomic mass is 79.9. The third-order valence-electron chi connectivity index (χ3n) is 3.99. The van der Waals surface area contributed by atoms with Gasteiger partial charge < -0.3 is 14.2 Å². The second-order valence-electron chi connectivity index (χ2n) is 5.70. The van der Waals surface area contributed by atoms with Gasteiger partial charge in [-0.05, 0) is 52.3 Å². The standard InChI is InChI=1S/C19H15BrN2O4S/c1-24-12-4-2-11(3-5-12)15-10-27-19(21-15)22-18(23)13-8-16-17(9-14(13)20)26-7-6-25-16/h2-5,8-10H,6-7H2,1H3,(H,21,22,23). The van der Waals surface area contributed by atoms with E-state index in [-0.39, 0.29) is 5.91 Å². The van der Waals surface area contributed by atoms with Gasteiger partial charge in [-0.15, -0.1) is 11.3 Å². The maximum atomic E-state index is 12.7. The van der Waals surface area contributed by atoms with Crippen molar-refractivity contribution < 1.29 is 19.0 Å². The lowest BCUT2D eigenvalue weighted by Crippen LogP contribution is -2.17. The molecule has 6 nitrogen and oxygen atoms in total. The minimum Gasteiger partial charge on any atom is -0.497 e. The largest absolute Gasteiger partial charge is 0.497 e. The first-order chi connectivity index (χ1) is 13.1. The third-order valence-corrected chi connectivity index (χ3v) is 5.40. The number of aromatic nitrogens is 1. The second kappa shape index (κ2) is 7.58. The van der Waals surface area contributed by atoms with Crippen molar-refractivity contribution in [2.75, 3.05) is 25.6 Å². The van der Waals surface area contributed by atoms with Gasteiger partial charge in [0.2, 0.25) is 0 Å². The molecule has 138 valence electrons. The van der Waals surface area contributed by atoms with Crippen LogP contribution in [0.25, 0.3) is 11.3 Å². The minimum atomic E-state index is -0.269. The molecule has 0 saturated heterocycles. The lowest BCUT2D eigenvalue weighted by atomic mass is 10.2. The first-order valence-corrected chi connectivity index (χ1v) is 9.82. The van der Waals surface area contributed by atoms with Crippen LogP contribution in [-0.4, -0.2) is 31.2 Å². The number of hydrogen-bond acceptors (Lipinski definition) is 6. The third kappa shape index (κ3) is 3.77. The zero-order valence-corrected chi connectivity index (χ0v) is 16.7. The number of methoxy groups -OCH3 is 1. The fourth-order valence-corrected chi connectivity index (χ4v) is 3.85. The van der Waals surface area contributed by atoms with E-state index < -0.39 is 0 Å². The number of benzene rings is 2. The fraction of sp³-hybridized carbons (Fsp3) is 0.158. The molecule has 0 unspecified atom stereocenters. The molecule has 1 aromatic heterocycles. The number of fused-ring (bicyclic) bond motifs is 1. The molecular formula is C19H15BrN2O4S. The summed E-state index contributed by atoms with van der Waals surface area (Å²) >= 11 is 4.79. The zero-order chi connectivity index (χ0) is 18.8. The van der Waals surface area contributed by atoms with Crippen LogP contribution in [-0.2, 0) is 0 Å². The second-order valence-corrected chi connectivity index (χ2v) is 7.41. The molecule has 2 aromatic carbocycles. The van der Waals surface area contributed by atoms with E-state index in [0.29, 0.717) is 39.9 Å². The smallest absolute Gasteiger partial charge is 0.258 e. The number of amides is 1.